The van der Waals surface area contributed by atoms with E-state index in [0.29, 0.717) is 23.8 Å². The number of ether oxygens (including phenoxy) is 2. The number of benzene rings is 3. The molecule has 0 spiro atoms. The quantitative estimate of drug-likeness (QED) is 0.246. The van der Waals surface area contributed by atoms with Crippen molar-refractivity contribution in [3.63, 3.8) is 0 Å². The zero-order valence-corrected chi connectivity index (χ0v) is 18.1. The standard InChI is InChI=1S/C25H25ClN2O3/c1-2-3-16-30-23-14-8-21(9-15-23)25(29)28-27-17-19-6-12-24(13-7-19)31-18-20-4-10-22(26)11-5-20/h4-15,17H,2-3,16,18H2,1H3,(H,28,29)/b27-17+. The Balaban J connectivity index is 1.45. The summed E-state index contributed by atoms with van der Waals surface area (Å²) < 4.78 is 11.4. The number of nitrogens with one attached hydrogen (secondary N) is 1. The molecule has 3 aromatic rings. The van der Waals surface area contributed by atoms with Crippen molar-refractivity contribution < 1.29 is 14.3 Å². The Hall–Kier alpha value is -3.31. The molecular formula is C25H25ClN2O3. The Bertz CT molecular complexity index is 985. The van der Waals surface area contributed by atoms with Crippen LogP contribution < -0.4 is 14.9 Å². The minimum absolute atomic E-state index is 0.278. The molecule has 0 bridgehead atoms. The summed E-state index contributed by atoms with van der Waals surface area (Å²) >= 11 is 5.89. The largest absolute Gasteiger partial charge is 0.494 e. The summed E-state index contributed by atoms with van der Waals surface area (Å²) in [5.41, 5.74) is 4.94. The van der Waals surface area contributed by atoms with Crippen molar-refractivity contribution in [2.24, 2.45) is 5.10 Å². The van der Waals surface area contributed by atoms with Crippen molar-refractivity contribution in [3.8, 4) is 11.5 Å². The average molecular weight is 437 g/mol. The van der Waals surface area contributed by atoms with Gasteiger partial charge in [-0.25, -0.2) is 5.43 Å². The maximum atomic E-state index is 12.2. The van der Waals surface area contributed by atoms with Crippen molar-refractivity contribution in [2.75, 3.05) is 6.61 Å². The lowest BCUT2D eigenvalue weighted by atomic mass is 10.2. The van der Waals surface area contributed by atoms with Gasteiger partial charge in [0.15, 0.2) is 0 Å². The lowest BCUT2D eigenvalue weighted by Gasteiger charge is -2.07. The zero-order chi connectivity index (χ0) is 21.9. The lowest BCUT2D eigenvalue weighted by Crippen LogP contribution is -2.17. The molecule has 0 aliphatic rings. The van der Waals surface area contributed by atoms with Gasteiger partial charge in [0.2, 0.25) is 0 Å². The van der Waals surface area contributed by atoms with Crippen LogP contribution in [0.3, 0.4) is 0 Å². The fourth-order valence-electron chi connectivity index (χ4n) is 2.66. The first-order valence-corrected chi connectivity index (χ1v) is 10.6. The highest BCUT2D eigenvalue weighted by atomic mass is 35.5. The Labute approximate surface area is 187 Å². The fourth-order valence-corrected chi connectivity index (χ4v) is 2.79. The number of rotatable bonds is 10. The van der Waals surface area contributed by atoms with E-state index in [-0.39, 0.29) is 5.91 Å². The number of unbranched alkanes of at least 4 members (excludes halogenated alkanes) is 1. The van der Waals surface area contributed by atoms with Crippen LogP contribution in [0.4, 0.5) is 0 Å². The van der Waals surface area contributed by atoms with Gasteiger partial charge in [0.05, 0.1) is 12.8 Å². The molecule has 0 aliphatic carbocycles. The highest BCUT2D eigenvalue weighted by Crippen LogP contribution is 2.15. The second kappa shape index (κ2) is 11.8. The lowest BCUT2D eigenvalue weighted by molar-refractivity contribution is 0.0955. The van der Waals surface area contributed by atoms with Gasteiger partial charge >= 0.3 is 0 Å². The van der Waals surface area contributed by atoms with Crippen molar-refractivity contribution >= 4 is 23.7 Å². The Morgan fingerprint density at radius 2 is 1.58 bits per heavy atom. The Kier molecular flexibility index (Phi) is 8.49. The number of hydrazone groups is 1. The van der Waals surface area contributed by atoms with Gasteiger partial charge in [-0.1, -0.05) is 37.1 Å². The molecule has 0 radical (unpaired) electrons. The molecule has 1 N–H and O–H groups in total. The monoisotopic (exact) mass is 436 g/mol. The summed E-state index contributed by atoms with van der Waals surface area (Å²) in [5.74, 6) is 1.23. The predicted octanol–water partition coefficient (Wildman–Crippen LogP) is 5.86. The minimum atomic E-state index is -0.278. The van der Waals surface area contributed by atoms with Crippen LogP contribution >= 0.6 is 11.6 Å². The summed E-state index contributed by atoms with van der Waals surface area (Å²) in [6.07, 6.45) is 3.67. The van der Waals surface area contributed by atoms with Gasteiger partial charge in [0, 0.05) is 10.6 Å². The van der Waals surface area contributed by atoms with E-state index in [2.05, 4.69) is 17.5 Å². The second-order valence-corrected chi connectivity index (χ2v) is 7.35. The van der Waals surface area contributed by atoms with Gasteiger partial charge < -0.3 is 9.47 Å². The number of amides is 1. The first-order valence-electron chi connectivity index (χ1n) is 10.2. The van der Waals surface area contributed by atoms with Crippen LogP contribution in [0, 0.1) is 0 Å². The van der Waals surface area contributed by atoms with Crippen LogP contribution in [0.1, 0.15) is 41.3 Å². The molecule has 0 saturated carbocycles. The van der Waals surface area contributed by atoms with E-state index in [1.54, 1.807) is 30.5 Å². The van der Waals surface area contributed by atoms with E-state index in [1.807, 2.05) is 48.5 Å². The fraction of sp³-hybridized carbons (Fsp3) is 0.200. The molecule has 0 heterocycles. The summed E-state index contributed by atoms with van der Waals surface area (Å²) in [6, 6.07) is 22.0. The number of halogens is 1. The van der Waals surface area contributed by atoms with Crippen molar-refractivity contribution in [2.45, 2.75) is 26.4 Å². The molecule has 3 rings (SSSR count). The van der Waals surface area contributed by atoms with Gasteiger partial charge in [0.1, 0.15) is 18.1 Å². The second-order valence-electron chi connectivity index (χ2n) is 6.91. The van der Waals surface area contributed by atoms with E-state index < -0.39 is 0 Å². The SMILES string of the molecule is CCCCOc1ccc(C(=O)N/N=C/c2ccc(OCc3ccc(Cl)cc3)cc2)cc1. The van der Waals surface area contributed by atoms with Crippen LogP contribution in [-0.4, -0.2) is 18.7 Å². The van der Waals surface area contributed by atoms with Crippen molar-refractivity contribution in [3.05, 3.63) is 94.5 Å². The van der Waals surface area contributed by atoms with Crippen molar-refractivity contribution in [1.82, 2.24) is 5.43 Å². The van der Waals surface area contributed by atoms with E-state index in [4.69, 9.17) is 21.1 Å². The molecule has 0 fully saturated rings. The molecule has 0 saturated heterocycles. The molecule has 0 unspecified atom stereocenters. The van der Waals surface area contributed by atoms with Crippen LogP contribution in [-0.2, 0) is 6.61 Å². The third-order valence-corrected chi connectivity index (χ3v) is 4.71. The summed E-state index contributed by atoms with van der Waals surface area (Å²) in [7, 11) is 0. The molecular weight excluding hydrogens is 412 g/mol. The molecule has 6 heteroatoms. The molecule has 31 heavy (non-hydrogen) atoms. The van der Waals surface area contributed by atoms with Crippen LogP contribution in [0.2, 0.25) is 5.02 Å². The van der Waals surface area contributed by atoms with Gasteiger partial charge in [-0.15, -0.1) is 0 Å². The molecule has 1 amide bonds. The molecule has 0 atom stereocenters. The predicted molar refractivity (Wildman–Crippen MR) is 124 cm³/mol. The third kappa shape index (κ3) is 7.46. The third-order valence-electron chi connectivity index (χ3n) is 4.46. The summed E-state index contributed by atoms with van der Waals surface area (Å²) in [5, 5.41) is 4.73. The smallest absolute Gasteiger partial charge is 0.271 e. The number of carbonyl (C=O) groups is 1. The number of nitrogens with zero attached hydrogens (tertiary/aromatic N) is 1. The zero-order valence-electron chi connectivity index (χ0n) is 17.4. The first kappa shape index (κ1) is 22.4. The highest BCUT2D eigenvalue weighted by Gasteiger charge is 2.04. The average Bonchev–Trinajstić information content (AvgIpc) is 2.80. The van der Waals surface area contributed by atoms with Crippen LogP contribution in [0.5, 0.6) is 11.5 Å². The number of carbonyl (C=O) groups excluding carboxylic acids is 1. The van der Waals surface area contributed by atoms with E-state index >= 15 is 0 Å². The molecule has 3 aromatic carbocycles. The minimum Gasteiger partial charge on any atom is -0.494 e. The topological polar surface area (TPSA) is 59.9 Å². The summed E-state index contributed by atoms with van der Waals surface area (Å²) in [4.78, 5) is 12.2. The van der Waals surface area contributed by atoms with Gasteiger partial charge in [-0.05, 0) is 78.2 Å². The summed E-state index contributed by atoms with van der Waals surface area (Å²) in [6.45, 7) is 3.25. The van der Waals surface area contributed by atoms with Crippen LogP contribution in [0.15, 0.2) is 77.9 Å². The van der Waals surface area contributed by atoms with Crippen molar-refractivity contribution in [1.29, 1.82) is 0 Å². The Morgan fingerprint density at radius 3 is 2.26 bits per heavy atom. The van der Waals surface area contributed by atoms with E-state index in [9.17, 15) is 4.79 Å². The number of hydrogen-bond donors (Lipinski definition) is 1. The maximum Gasteiger partial charge on any atom is 0.271 e. The first-order chi connectivity index (χ1) is 15.1. The van der Waals surface area contributed by atoms with Crippen LogP contribution in [0.25, 0.3) is 0 Å². The maximum absolute atomic E-state index is 12.2. The van der Waals surface area contributed by atoms with Gasteiger partial charge in [-0.2, -0.15) is 5.10 Å². The number of hydrogen-bond acceptors (Lipinski definition) is 4. The molecule has 0 aliphatic heterocycles. The van der Waals surface area contributed by atoms with Gasteiger partial charge in [0.25, 0.3) is 5.91 Å². The van der Waals surface area contributed by atoms with E-state index in [1.165, 1.54) is 0 Å². The normalized spacial score (nSPS) is 10.8. The highest BCUT2D eigenvalue weighted by molar-refractivity contribution is 6.30. The molecule has 5 nitrogen and oxygen atoms in total. The van der Waals surface area contributed by atoms with E-state index in [0.717, 1.165) is 35.5 Å². The molecule has 0 aromatic heterocycles. The Morgan fingerprint density at radius 1 is 0.935 bits per heavy atom. The molecule has 160 valence electrons. The van der Waals surface area contributed by atoms with Gasteiger partial charge in [-0.3, -0.25) is 4.79 Å².